The quantitative estimate of drug-likeness (QED) is 0.650. The molecule has 2 aromatic heterocycles. The van der Waals surface area contributed by atoms with Crippen molar-refractivity contribution in [1.29, 1.82) is 0 Å². The number of anilines is 1. The summed E-state index contributed by atoms with van der Waals surface area (Å²) in [5.74, 6) is -1.14. The second-order valence-corrected chi connectivity index (χ2v) is 9.66. The van der Waals surface area contributed by atoms with Gasteiger partial charge in [0.25, 0.3) is 5.91 Å². The first kappa shape index (κ1) is 18.7. The minimum Gasteiger partial charge on any atom is -0.462 e. The predicted octanol–water partition coefficient (Wildman–Crippen LogP) is 3.39. The van der Waals surface area contributed by atoms with Crippen molar-refractivity contribution >= 4 is 49.0 Å². The minimum atomic E-state index is -3.21. The van der Waals surface area contributed by atoms with Crippen LogP contribution in [0.4, 0.5) is 5.00 Å². The number of benzene rings is 1. The Hall–Kier alpha value is -2.65. The van der Waals surface area contributed by atoms with Crippen LogP contribution in [0.1, 0.15) is 38.3 Å². The molecule has 1 amide bonds. The minimum absolute atomic E-state index is 0.0277. The number of esters is 1. The van der Waals surface area contributed by atoms with Crippen LogP contribution in [-0.4, -0.2) is 32.7 Å². The van der Waals surface area contributed by atoms with E-state index in [1.54, 1.807) is 25.1 Å². The van der Waals surface area contributed by atoms with Gasteiger partial charge in [-0.1, -0.05) is 18.2 Å². The highest BCUT2D eigenvalue weighted by Crippen LogP contribution is 2.38. The first-order valence-corrected chi connectivity index (χ1v) is 11.3. The third-order valence-electron chi connectivity index (χ3n) is 4.46. The lowest BCUT2D eigenvalue weighted by molar-refractivity contribution is 0.0527. The molecule has 0 saturated carbocycles. The zero-order valence-electron chi connectivity index (χ0n) is 15.0. The molecule has 1 aliphatic rings. The van der Waals surface area contributed by atoms with Crippen LogP contribution >= 0.6 is 11.3 Å². The van der Waals surface area contributed by atoms with Gasteiger partial charge in [-0.2, -0.15) is 0 Å². The Balaban J connectivity index is 1.71. The van der Waals surface area contributed by atoms with E-state index in [1.165, 1.54) is 0 Å². The summed E-state index contributed by atoms with van der Waals surface area (Å²) in [6.07, 6.45) is 0.225. The van der Waals surface area contributed by atoms with Crippen LogP contribution in [0.5, 0.6) is 0 Å². The van der Waals surface area contributed by atoms with Crippen molar-refractivity contribution in [1.82, 2.24) is 0 Å². The second kappa shape index (κ2) is 7.06. The Bertz CT molecular complexity index is 1160. The molecule has 0 unspecified atom stereocenters. The van der Waals surface area contributed by atoms with Gasteiger partial charge in [0.15, 0.2) is 15.6 Å². The number of ether oxygens (including phenoxy) is 1. The van der Waals surface area contributed by atoms with E-state index in [1.807, 2.05) is 12.1 Å². The van der Waals surface area contributed by atoms with Gasteiger partial charge >= 0.3 is 5.97 Å². The van der Waals surface area contributed by atoms with Gasteiger partial charge in [0.05, 0.1) is 23.7 Å². The summed E-state index contributed by atoms with van der Waals surface area (Å²) >= 11 is 1.09. The third-order valence-corrected chi connectivity index (χ3v) is 7.35. The largest absolute Gasteiger partial charge is 0.462 e. The van der Waals surface area contributed by atoms with Crippen LogP contribution in [0.25, 0.3) is 11.0 Å². The highest BCUT2D eigenvalue weighted by atomic mass is 32.2. The number of thiophene rings is 1. The maximum atomic E-state index is 12.7. The van der Waals surface area contributed by atoms with Crippen LogP contribution in [-0.2, 0) is 26.7 Å². The fourth-order valence-corrected chi connectivity index (χ4v) is 6.22. The summed E-state index contributed by atoms with van der Waals surface area (Å²) < 4.78 is 34.6. The summed E-state index contributed by atoms with van der Waals surface area (Å²) in [4.78, 5) is 25.7. The van der Waals surface area contributed by atoms with E-state index in [2.05, 4.69) is 5.32 Å². The van der Waals surface area contributed by atoms with Gasteiger partial charge < -0.3 is 14.5 Å². The maximum Gasteiger partial charge on any atom is 0.341 e. The number of para-hydroxylation sites is 1. The first-order valence-electron chi connectivity index (χ1n) is 8.70. The lowest BCUT2D eigenvalue weighted by Gasteiger charge is -2.13. The molecule has 0 atom stereocenters. The molecular weight excluding hydrogens is 402 g/mol. The lowest BCUT2D eigenvalue weighted by atomic mass is 10.1. The standard InChI is InChI=1S/C19H17NO6S2/c1-2-25-19(22)16-12-7-8-28(23,24)10-15(12)27-18(16)20-17(21)14-9-11-5-3-4-6-13(11)26-14/h3-6,9H,2,7-8,10H2,1H3,(H,20,21). The average Bonchev–Trinajstić information content (AvgIpc) is 3.21. The molecule has 0 radical (unpaired) electrons. The van der Waals surface area contributed by atoms with Crippen molar-refractivity contribution < 1.29 is 27.2 Å². The summed E-state index contributed by atoms with van der Waals surface area (Å²) in [6.45, 7) is 1.87. The zero-order valence-corrected chi connectivity index (χ0v) is 16.6. The van der Waals surface area contributed by atoms with E-state index in [0.717, 1.165) is 16.7 Å². The van der Waals surface area contributed by atoms with E-state index in [4.69, 9.17) is 9.15 Å². The van der Waals surface area contributed by atoms with Gasteiger partial charge in [-0.05, 0) is 31.0 Å². The van der Waals surface area contributed by atoms with Crippen LogP contribution in [0.15, 0.2) is 34.7 Å². The van der Waals surface area contributed by atoms with E-state index in [0.29, 0.717) is 16.0 Å². The van der Waals surface area contributed by atoms with Gasteiger partial charge in [-0.15, -0.1) is 11.3 Å². The molecule has 4 rings (SSSR count). The van der Waals surface area contributed by atoms with Crippen molar-refractivity contribution in [3.63, 3.8) is 0 Å². The molecule has 9 heteroatoms. The first-order chi connectivity index (χ1) is 13.4. The normalized spacial score (nSPS) is 15.2. The Morgan fingerprint density at radius 1 is 1.29 bits per heavy atom. The average molecular weight is 419 g/mol. The number of amides is 1. The molecule has 0 saturated heterocycles. The summed E-state index contributed by atoms with van der Waals surface area (Å²) in [5, 5.41) is 3.77. The lowest BCUT2D eigenvalue weighted by Crippen LogP contribution is -2.20. The number of rotatable bonds is 4. The van der Waals surface area contributed by atoms with Crippen molar-refractivity contribution in [2.75, 3.05) is 17.7 Å². The SMILES string of the molecule is CCOC(=O)c1c(NC(=O)c2cc3ccccc3o2)sc2c1CCS(=O)(=O)C2. The number of sulfone groups is 1. The number of hydrogen-bond donors (Lipinski definition) is 1. The van der Waals surface area contributed by atoms with E-state index in [9.17, 15) is 18.0 Å². The number of fused-ring (bicyclic) bond motifs is 2. The van der Waals surface area contributed by atoms with Gasteiger partial charge in [-0.25, -0.2) is 13.2 Å². The highest BCUT2D eigenvalue weighted by Gasteiger charge is 2.32. The van der Waals surface area contributed by atoms with Crippen molar-refractivity contribution in [2.45, 2.75) is 19.1 Å². The number of carbonyl (C=O) groups is 2. The molecule has 3 aromatic rings. The number of hydrogen-bond acceptors (Lipinski definition) is 7. The molecular formula is C19H17NO6S2. The fraction of sp³-hybridized carbons (Fsp3) is 0.263. The van der Waals surface area contributed by atoms with Crippen molar-refractivity contribution in [2.24, 2.45) is 0 Å². The third kappa shape index (κ3) is 3.43. The van der Waals surface area contributed by atoms with Crippen LogP contribution in [0.3, 0.4) is 0 Å². The Labute approximate surface area is 165 Å². The Kier molecular flexibility index (Phi) is 4.72. The van der Waals surface area contributed by atoms with Crippen LogP contribution in [0.2, 0.25) is 0 Å². The summed E-state index contributed by atoms with van der Waals surface area (Å²) in [5.41, 5.74) is 1.45. The fourth-order valence-electron chi connectivity index (χ4n) is 3.19. The van der Waals surface area contributed by atoms with Gasteiger partial charge in [0.2, 0.25) is 0 Å². The van der Waals surface area contributed by atoms with Gasteiger partial charge in [0, 0.05) is 10.3 Å². The molecule has 1 N–H and O–H groups in total. The van der Waals surface area contributed by atoms with Gasteiger partial charge in [-0.3, -0.25) is 4.79 Å². The molecule has 0 bridgehead atoms. The zero-order chi connectivity index (χ0) is 19.9. The Morgan fingerprint density at radius 3 is 2.82 bits per heavy atom. The highest BCUT2D eigenvalue weighted by molar-refractivity contribution is 7.90. The summed E-state index contributed by atoms with van der Waals surface area (Å²) in [6, 6.07) is 8.85. The van der Waals surface area contributed by atoms with Crippen molar-refractivity contribution in [3.05, 3.63) is 52.1 Å². The summed E-state index contributed by atoms with van der Waals surface area (Å²) in [7, 11) is -3.21. The van der Waals surface area contributed by atoms with Crippen LogP contribution in [0, 0.1) is 0 Å². The molecule has 146 valence electrons. The Morgan fingerprint density at radius 2 is 2.07 bits per heavy atom. The monoisotopic (exact) mass is 419 g/mol. The van der Waals surface area contributed by atoms with Crippen molar-refractivity contribution in [3.8, 4) is 0 Å². The number of furan rings is 1. The number of carbonyl (C=O) groups excluding carboxylic acids is 2. The molecule has 0 fully saturated rings. The molecule has 28 heavy (non-hydrogen) atoms. The van der Waals surface area contributed by atoms with E-state index in [-0.39, 0.29) is 40.9 Å². The molecule has 1 aliphatic heterocycles. The molecule has 7 nitrogen and oxygen atoms in total. The van der Waals surface area contributed by atoms with Crippen LogP contribution < -0.4 is 5.32 Å². The topological polar surface area (TPSA) is 103 Å². The molecule has 0 spiro atoms. The second-order valence-electron chi connectivity index (χ2n) is 6.37. The molecule has 1 aromatic carbocycles. The van der Waals surface area contributed by atoms with Gasteiger partial charge in [0.1, 0.15) is 10.6 Å². The van der Waals surface area contributed by atoms with E-state index < -0.39 is 21.7 Å². The molecule has 3 heterocycles. The van der Waals surface area contributed by atoms with E-state index >= 15 is 0 Å². The molecule has 0 aliphatic carbocycles. The smallest absolute Gasteiger partial charge is 0.341 e. The number of nitrogens with one attached hydrogen (secondary N) is 1. The predicted molar refractivity (Wildman–Crippen MR) is 106 cm³/mol. The maximum absolute atomic E-state index is 12.7.